The number of hydrogen-bond donors (Lipinski definition) is 2. The van der Waals surface area contributed by atoms with Crippen LogP contribution in [0.4, 0.5) is 10.5 Å². The van der Waals surface area contributed by atoms with E-state index in [4.69, 9.17) is 37.4 Å². The van der Waals surface area contributed by atoms with E-state index in [0.29, 0.717) is 50.5 Å². The third-order valence-electron chi connectivity index (χ3n) is 4.55. The Labute approximate surface area is 222 Å². The Morgan fingerprint density at radius 1 is 0.971 bits per heavy atom. The lowest BCUT2D eigenvalue weighted by Crippen LogP contribution is -2.24. The first-order chi connectivity index (χ1) is 16.9. The van der Waals surface area contributed by atoms with Crippen LogP contribution in [-0.2, 0) is 6.61 Å². The SMILES string of the molecule is CCOc1ccc(NC(=O)N/N=C\c2cc(OCC)c(OCc3ccc(Cl)cc3Cl)cc2Br)cc1. The van der Waals surface area contributed by atoms with Crippen molar-refractivity contribution in [2.24, 2.45) is 5.10 Å². The second-order valence-electron chi connectivity index (χ2n) is 7.06. The number of hydrazone groups is 1. The summed E-state index contributed by atoms with van der Waals surface area (Å²) in [5.41, 5.74) is 4.54. The van der Waals surface area contributed by atoms with Gasteiger partial charge in [-0.3, -0.25) is 0 Å². The molecule has 0 bridgehead atoms. The number of rotatable bonds is 10. The van der Waals surface area contributed by atoms with Gasteiger partial charge >= 0.3 is 6.03 Å². The normalized spacial score (nSPS) is 10.8. The number of urea groups is 1. The Kier molecular flexibility index (Phi) is 10.1. The third-order valence-corrected chi connectivity index (χ3v) is 5.83. The molecule has 2 amide bonds. The Morgan fingerprint density at radius 2 is 1.69 bits per heavy atom. The fourth-order valence-electron chi connectivity index (χ4n) is 2.95. The molecule has 0 fully saturated rings. The van der Waals surface area contributed by atoms with Gasteiger partial charge in [0.1, 0.15) is 12.4 Å². The van der Waals surface area contributed by atoms with E-state index in [0.717, 1.165) is 11.3 Å². The van der Waals surface area contributed by atoms with Crippen LogP contribution in [0.3, 0.4) is 0 Å². The lowest BCUT2D eigenvalue weighted by Gasteiger charge is -2.14. The quantitative estimate of drug-likeness (QED) is 0.195. The maximum atomic E-state index is 12.1. The number of hydrogen-bond acceptors (Lipinski definition) is 5. The Morgan fingerprint density at radius 3 is 2.37 bits per heavy atom. The van der Waals surface area contributed by atoms with Crippen molar-refractivity contribution in [3.63, 3.8) is 0 Å². The van der Waals surface area contributed by atoms with Crippen LogP contribution in [0.2, 0.25) is 10.0 Å². The lowest BCUT2D eigenvalue weighted by molar-refractivity contribution is 0.252. The molecule has 3 aromatic carbocycles. The molecule has 0 aliphatic carbocycles. The van der Waals surface area contributed by atoms with Gasteiger partial charge in [0, 0.05) is 31.3 Å². The van der Waals surface area contributed by atoms with E-state index in [-0.39, 0.29) is 6.61 Å². The molecule has 0 aliphatic heterocycles. The zero-order valence-electron chi connectivity index (χ0n) is 19.1. The van der Waals surface area contributed by atoms with Gasteiger partial charge in [0.25, 0.3) is 0 Å². The van der Waals surface area contributed by atoms with Gasteiger partial charge in [-0.15, -0.1) is 0 Å². The number of anilines is 1. The molecule has 0 heterocycles. The van der Waals surface area contributed by atoms with Crippen LogP contribution < -0.4 is 25.0 Å². The van der Waals surface area contributed by atoms with Crippen LogP contribution in [0.1, 0.15) is 25.0 Å². The summed E-state index contributed by atoms with van der Waals surface area (Å²) in [6.45, 7) is 5.04. The van der Waals surface area contributed by atoms with E-state index in [9.17, 15) is 4.79 Å². The average molecular weight is 581 g/mol. The number of carbonyl (C=O) groups excluding carboxylic acids is 1. The zero-order chi connectivity index (χ0) is 25.2. The second kappa shape index (κ2) is 13.2. The predicted molar refractivity (Wildman–Crippen MR) is 143 cm³/mol. The molecule has 0 saturated heterocycles. The summed E-state index contributed by atoms with van der Waals surface area (Å²) in [6.07, 6.45) is 1.50. The molecule has 0 aliphatic rings. The summed E-state index contributed by atoms with van der Waals surface area (Å²) in [7, 11) is 0. The van der Waals surface area contributed by atoms with Gasteiger partial charge in [0.15, 0.2) is 11.5 Å². The largest absolute Gasteiger partial charge is 0.494 e. The van der Waals surface area contributed by atoms with Gasteiger partial charge in [0.05, 0.1) is 19.4 Å². The van der Waals surface area contributed by atoms with Crippen molar-refractivity contribution in [2.45, 2.75) is 20.5 Å². The molecule has 3 rings (SSSR count). The number of amides is 2. The highest BCUT2D eigenvalue weighted by Crippen LogP contribution is 2.34. The molecule has 2 N–H and O–H groups in total. The predicted octanol–water partition coefficient (Wildman–Crippen LogP) is 7.29. The van der Waals surface area contributed by atoms with Crippen molar-refractivity contribution in [3.05, 3.63) is 80.2 Å². The van der Waals surface area contributed by atoms with Crippen LogP contribution in [0.15, 0.2) is 64.2 Å². The summed E-state index contributed by atoms with van der Waals surface area (Å²) in [6, 6.07) is 15.3. The van der Waals surface area contributed by atoms with Gasteiger partial charge in [-0.2, -0.15) is 5.10 Å². The minimum absolute atomic E-state index is 0.239. The van der Waals surface area contributed by atoms with Gasteiger partial charge in [-0.25, -0.2) is 10.2 Å². The number of benzene rings is 3. The molecule has 0 spiro atoms. The lowest BCUT2D eigenvalue weighted by atomic mass is 10.2. The highest BCUT2D eigenvalue weighted by atomic mass is 79.9. The standard InChI is InChI=1S/C25H24BrCl2N3O4/c1-3-33-20-9-7-19(8-10-20)30-25(32)31-29-14-17-11-23(34-4-2)24(13-21(17)26)35-15-16-5-6-18(27)12-22(16)28/h5-14H,3-4,15H2,1-2H3,(H2,30,31,32)/b29-14-. The van der Waals surface area contributed by atoms with Gasteiger partial charge in [-0.05, 0) is 78.3 Å². The van der Waals surface area contributed by atoms with Crippen LogP contribution >= 0.6 is 39.1 Å². The molecule has 3 aromatic rings. The fraction of sp³-hybridized carbons (Fsp3) is 0.200. The molecule has 0 saturated carbocycles. The minimum Gasteiger partial charge on any atom is -0.494 e. The molecule has 7 nitrogen and oxygen atoms in total. The van der Waals surface area contributed by atoms with Crippen molar-refractivity contribution in [1.29, 1.82) is 0 Å². The van der Waals surface area contributed by atoms with Crippen molar-refractivity contribution < 1.29 is 19.0 Å². The van der Waals surface area contributed by atoms with Gasteiger partial charge in [-0.1, -0.05) is 29.3 Å². The van der Waals surface area contributed by atoms with Crippen molar-refractivity contribution in [2.75, 3.05) is 18.5 Å². The molecule has 0 aromatic heterocycles. The van der Waals surface area contributed by atoms with E-state index in [1.54, 1.807) is 48.5 Å². The van der Waals surface area contributed by atoms with Crippen LogP contribution in [0, 0.1) is 0 Å². The number of halogens is 3. The van der Waals surface area contributed by atoms with Gasteiger partial charge in [0.2, 0.25) is 0 Å². The van der Waals surface area contributed by atoms with Crippen molar-refractivity contribution in [1.82, 2.24) is 5.43 Å². The maximum absolute atomic E-state index is 12.1. The minimum atomic E-state index is -0.480. The van der Waals surface area contributed by atoms with E-state index in [2.05, 4.69) is 31.8 Å². The molecule has 35 heavy (non-hydrogen) atoms. The molecular weight excluding hydrogens is 557 g/mol. The number of nitrogens with zero attached hydrogens (tertiary/aromatic N) is 1. The Hall–Kier alpha value is -2.94. The summed E-state index contributed by atoms with van der Waals surface area (Å²) in [4.78, 5) is 12.1. The summed E-state index contributed by atoms with van der Waals surface area (Å²) < 4.78 is 17.8. The highest BCUT2D eigenvalue weighted by Gasteiger charge is 2.12. The van der Waals surface area contributed by atoms with E-state index in [1.807, 2.05) is 19.9 Å². The monoisotopic (exact) mass is 579 g/mol. The van der Waals surface area contributed by atoms with E-state index in [1.165, 1.54) is 6.21 Å². The summed E-state index contributed by atoms with van der Waals surface area (Å²) in [5, 5.41) is 7.80. The van der Waals surface area contributed by atoms with Crippen molar-refractivity contribution in [3.8, 4) is 17.2 Å². The highest BCUT2D eigenvalue weighted by molar-refractivity contribution is 9.10. The fourth-order valence-corrected chi connectivity index (χ4v) is 3.83. The molecule has 184 valence electrons. The molecule has 0 unspecified atom stereocenters. The first-order valence-electron chi connectivity index (χ1n) is 10.8. The first-order valence-corrected chi connectivity index (χ1v) is 12.3. The van der Waals surface area contributed by atoms with Crippen LogP contribution in [0.5, 0.6) is 17.2 Å². The van der Waals surface area contributed by atoms with E-state index < -0.39 is 6.03 Å². The maximum Gasteiger partial charge on any atom is 0.339 e. The molecule has 0 atom stereocenters. The second-order valence-corrected chi connectivity index (χ2v) is 8.76. The summed E-state index contributed by atoms with van der Waals surface area (Å²) >= 11 is 15.7. The van der Waals surface area contributed by atoms with Gasteiger partial charge < -0.3 is 19.5 Å². The topological polar surface area (TPSA) is 81.2 Å². The van der Waals surface area contributed by atoms with Crippen molar-refractivity contribution >= 4 is 57.1 Å². The Bertz CT molecular complexity index is 1190. The molecule has 0 radical (unpaired) electrons. The summed E-state index contributed by atoms with van der Waals surface area (Å²) in [5.74, 6) is 1.79. The zero-order valence-corrected chi connectivity index (χ0v) is 22.2. The average Bonchev–Trinajstić information content (AvgIpc) is 2.82. The first kappa shape index (κ1) is 26.7. The van der Waals surface area contributed by atoms with E-state index >= 15 is 0 Å². The number of ether oxygens (including phenoxy) is 3. The number of carbonyl (C=O) groups is 1. The molecule has 10 heteroatoms. The molecular formula is C25H24BrCl2N3O4. The number of nitrogens with one attached hydrogen (secondary N) is 2. The smallest absolute Gasteiger partial charge is 0.339 e. The van der Waals surface area contributed by atoms with Crippen LogP contribution in [-0.4, -0.2) is 25.5 Å². The van der Waals surface area contributed by atoms with Crippen LogP contribution in [0.25, 0.3) is 0 Å². The third kappa shape index (κ3) is 8.06. The Balaban J connectivity index is 1.64.